The molecule has 2 atom stereocenters. The van der Waals surface area contributed by atoms with Crippen LogP contribution in [0.15, 0.2) is 54.1 Å². The largest absolute Gasteiger partial charge is 0.507 e. The van der Waals surface area contributed by atoms with E-state index in [-0.39, 0.29) is 24.0 Å². The molecule has 2 aromatic carbocycles. The van der Waals surface area contributed by atoms with Crippen molar-refractivity contribution in [1.82, 2.24) is 4.90 Å². The van der Waals surface area contributed by atoms with Gasteiger partial charge in [0.05, 0.1) is 31.9 Å². The van der Waals surface area contributed by atoms with Crippen LogP contribution in [0.5, 0.6) is 11.5 Å². The van der Waals surface area contributed by atoms with Crippen LogP contribution in [0.4, 0.5) is 0 Å². The summed E-state index contributed by atoms with van der Waals surface area (Å²) in [7, 11) is 3.06. The molecule has 31 heavy (non-hydrogen) atoms. The summed E-state index contributed by atoms with van der Waals surface area (Å²) < 4.78 is 16.5. The molecular weight excluding hydrogens is 398 g/mol. The van der Waals surface area contributed by atoms with Crippen molar-refractivity contribution in [3.63, 3.8) is 0 Å². The van der Waals surface area contributed by atoms with E-state index in [0.717, 1.165) is 12.8 Å². The molecule has 1 N–H and O–H groups in total. The third kappa shape index (κ3) is 3.88. The van der Waals surface area contributed by atoms with E-state index in [2.05, 4.69) is 0 Å². The molecule has 7 nitrogen and oxygen atoms in total. The Bertz CT molecular complexity index is 1010. The van der Waals surface area contributed by atoms with Crippen molar-refractivity contribution < 1.29 is 28.9 Å². The zero-order valence-corrected chi connectivity index (χ0v) is 17.5. The SMILES string of the molecule is COc1ccc([C@H]2/C(=C(\O)c3ccccc3)C(=O)C(=O)N2C[C@H]2CCCO2)cc1OC. The summed E-state index contributed by atoms with van der Waals surface area (Å²) in [5.41, 5.74) is 1.18. The Kier molecular flexibility index (Phi) is 5.95. The number of amides is 1. The number of carbonyl (C=O) groups is 2. The minimum absolute atomic E-state index is 0.0569. The van der Waals surface area contributed by atoms with E-state index in [1.165, 1.54) is 19.1 Å². The fraction of sp³-hybridized carbons (Fsp3) is 0.333. The molecule has 0 unspecified atom stereocenters. The average Bonchev–Trinajstić information content (AvgIpc) is 3.41. The fourth-order valence-corrected chi connectivity index (χ4v) is 4.20. The summed E-state index contributed by atoms with van der Waals surface area (Å²) in [6, 6.07) is 13.2. The van der Waals surface area contributed by atoms with Gasteiger partial charge in [-0.1, -0.05) is 36.4 Å². The van der Waals surface area contributed by atoms with Crippen molar-refractivity contribution in [2.75, 3.05) is 27.4 Å². The number of aliphatic hydroxyl groups excluding tert-OH is 1. The molecule has 0 saturated carbocycles. The van der Waals surface area contributed by atoms with Crippen molar-refractivity contribution in [2.24, 2.45) is 0 Å². The summed E-state index contributed by atoms with van der Waals surface area (Å²) in [5.74, 6) is -0.548. The summed E-state index contributed by atoms with van der Waals surface area (Å²) in [6.07, 6.45) is 1.59. The Balaban J connectivity index is 1.85. The molecule has 1 amide bonds. The number of Topliss-reactive ketones (excluding diaryl/α,β-unsaturated/α-hetero) is 1. The zero-order valence-electron chi connectivity index (χ0n) is 17.5. The van der Waals surface area contributed by atoms with Crippen LogP contribution in [0.25, 0.3) is 5.76 Å². The second kappa shape index (κ2) is 8.81. The van der Waals surface area contributed by atoms with Crippen molar-refractivity contribution in [3.8, 4) is 11.5 Å². The molecule has 4 rings (SSSR count). The van der Waals surface area contributed by atoms with Gasteiger partial charge in [-0.25, -0.2) is 0 Å². The Morgan fingerprint density at radius 3 is 2.48 bits per heavy atom. The van der Waals surface area contributed by atoms with E-state index in [1.807, 2.05) is 6.07 Å². The molecule has 2 aliphatic rings. The van der Waals surface area contributed by atoms with Gasteiger partial charge in [0.1, 0.15) is 5.76 Å². The molecular formula is C24H25NO6. The topological polar surface area (TPSA) is 85.3 Å². The number of aliphatic hydroxyl groups is 1. The zero-order chi connectivity index (χ0) is 22.0. The van der Waals surface area contributed by atoms with Crippen LogP contribution in [-0.2, 0) is 14.3 Å². The molecule has 0 bridgehead atoms. The summed E-state index contributed by atoms with van der Waals surface area (Å²) in [4.78, 5) is 27.6. The van der Waals surface area contributed by atoms with E-state index in [1.54, 1.807) is 42.5 Å². The lowest BCUT2D eigenvalue weighted by Crippen LogP contribution is -2.36. The van der Waals surface area contributed by atoms with Gasteiger partial charge in [0.25, 0.3) is 11.7 Å². The molecule has 2 aromatic rings. The number of hydrogen-bond donors (Lipinski definition) is 1. The van der Waals surface area contributed by atoms with E-state index in [9.17, 15) is 14.7 Å². The van der Waals surface area contributed by atoms with E-state index < -0.39 is 17.7 Å². The summed E-state index contributed by atoms with van der Waals surface area (Å²) >= 11 is 0. The van der Waals surface area contributed by atoms with Gasteiger partial charge in [0, 0.05) is 18.7 Å². The summed E-state index contributed by atoms with van der Waals surface area (Å²) in [5, 5.41) is 11.0. The molecule has 2 heterocycles. The van der Waals surface area contributed by atoms with Gasteiger partial charge in [-0.2, -0.15) is 0 Å². The number of carbonyl (C=O) groups excluding carboxylic acids is 2. The standard InChI is InChI=1S/C24H25NO6/c1-29-18-11-10-16(13-19(18)30-2)21-20(22(26)15-7-4-3-5-8-15)23(27)24(28)25(21)14-17-9-6-12-31-17/h3-5,7-8,10-11,13,17,21,26H,6,9,12,14H2,1-2H3/b22-20+/t17-,21+/m1/s1. The minimum atomic E-state index is -0.760. The summed E-state index contributed by atoms with van der Waals surface area (Å²) in [6.45, 7) is 0.911. The van der Waals surface area contributed by atoms with Gasteiger partial charge >= 0.3 is 0 Å². The quantitative estimate of drug-likeness (QED) is 0.436. The number of ether oxygens (including phenoxy) is 3. The van der Waals surface area contributed by atoms with E-state index in [4.69, 9.17) is 14.2 Å². The van der Waals surface area contributed by atoms with Crippen LogP contribution in [0.2, 0.25) is 0 Å². The molecule has 7 heteroatoms. The first-order chi connectivity index (χ1) is 15.0. The number of rotatable bonds is 6. The molecule has 0 aromatic heterocycles. The minimum Gasteiger partial charge on any atom is -0.507 e. The number of nitrogens with zero attached hydrogens (tertiary/aromatic N) is 1. The Morgan fingerprint density at radius 1 is 1.10 bits per heavy atom. The molecule has 162 valence electrons. The molecule has 0 spiro atoms. The molecule has 0 aliphatic carbocycles. The predicted octanol–water partition coefficient (Wildman–Crippen LogP) is 3.30. The van der Waals surface area contributed by atoms with Gasteiger partial charge in [-0.15, -0.1) is 0 Å². The normalized spacial score (nSPS) is 22.7. The molecule has 2 aliphatic heterocycles. The Morgan fingerprint density at radius 2 is 1.84 bits per heavy atom. The van der Waals surface area contributed by atoms with Gasteiger partial charge in [0.15, 0.2) is 11.5 Å². The number of likely N-dealkylation sites (tertiary alicyclic amines) is 1. The smallest absolute Gasteiger partial charge is 0.295 e. The lowest BCUT2D eigenvalue weighted by Gasteiger charge is -2.28. The Labute approximate surface area is 180 Å². The second-order valence-electron chi connectivity index (χ2n) is 7.57. The first-order valence-electron chi connectivity index (χ1n) is 10.2. The number of methoxy groups -OCH3 is 2. The molecule has 0 radical (unpaired) electrons. The van der Waals surface area contributed by atoms with Crippen molar-refractivity contribution >= 4 is 17.4 Å². The Hall–Kier alpha value is -3.32. The van der Waals surface area contributed by atoms with E-state index >= 15 is 0 Å². The first-order valence-corrected chi connectivity index (χ1v) is 10.2. The third-order valence-corrected chi connectivity index (χ3v) is 5.73. The maximum Gasteiger partial charge on any atom is 0.295 e. The third-order valence-electron chi connectivity index (χ3n) is 5.73. The predicted molar refractivity (Wildman–Crippen MR) is 114 cm³/mol. The lowest BCUT2D eigenvalue weighted by atomic mass is 9.95. The van der Waals surface area contributed by atoms with Gasteiger partial charge in [-0.05, 0) is 30.5 Å². The highest BCUT2D eigenvalue weighted by Crippen LogP contribution is 2.42. The van der Waals surface area contributed by atoms with Crippen LogP contribution in [0.3, 0.4) is 0 Å². The number of benzene rings is 2. The highest BCUT2D eigenvalue weighted by molar-refractivity contribution is 6.46. The van der Waals surface area contributed by atoms with Gasteiger partial charge in [0.2, 0.25) is 0 Å². The maximum absolute atomic E-state index is 13.1. The average molecular weight is 423 g/mol. The monoisotopic (exact) mass is 423 g/mol. The first kappa shape index (κ1) is 20.9. The maximum atomic E-state index is 13.1. The molecule has 2 saturated heterocycles. The highest BCUT2D eigenvalue weighted by Gasteiger charge is 2.47. The van der Waals surface area contributed by atoms with Crippen LogP contribution in [0.1, 0.15) is 30.0 Å². The van der Waals surface area contributed by atoms with Crippen LogP contribution < -0.4 is 9.47 Å². The van der Waals surface area contributed by atoms with Crippen molar-refractivity contribution in [2.45, 2.75) is 25.0 Å². The highest BCUT2D eigenvalue weighted by atomic mass is 16.5. The van der Waals surface area contributed by atoms with Crippen LogP contribution >= 0.6 is 0 Å². The number of ketones is 1. The van der Waals surface area contributed by atoms with Gasteiger partial charge in [-0.3, -0.25) is 9.59 Å². The second-order valence-corrected chi connectivity index (χ2v) is 7.57. The van der Waals surface area contributed by atoms with Crippen LogP contribution in [0, 0.1) is 0 Å². The van der Waals surface area contributed by atoms with Crippen molar-refractivity contribution in [3.05, 3.63) is 65.2 Å². The van der Waals surface area contributed by atoms with Crippen LogP contribution in [-0.4, -0.2) is 55.2 Å². The fourth-order valence-electron chi connectivity index (χ4n) is 4.20. The lowest BCUT2D eigenvalue weighted by molar-refractivity contribution is -0.140. The van der Waals surface area contributed by atoms with Crippen molar-refractivity contribution in [1.29, 1.82) is 0 Å². The van der Waals surface area contributed by atoms with Gasteiger partial charge < -0.3 is 24.2 Å². The van der Waals surface area contributed by atoms with E-state index in [0.29, 0.717) is 29.2 Å². The number of hydrogen-bond acceptors (Lipinski definition) is 6. The molecule has 2 fully saturated rings.